The van der Waals surface area contributed by atoms with Gasteiger partial charge in [0.2, 0.25) is 0 Å². The van der Waals surface area contributed by atoms with Gasteiger partial charge in [0.1, 0.15) is 11.4 Å². The van der Waals surface area contributed by atoms with Gasteiger partial charge in [-0.1, -0.05) is 15.9 Å². The molecule has 0 bridgehead atoms. The van der Waals surface area contributed by atoms with E-state index in [1.807, 2.05) is 29.1 Å². The van der Waals surface area contributed by atoms with Gasteiger partial charge in [-0.15, -0.1) is 0 Å². The molecular weight excluding hydrogens is 372 g/mol. The maximum atomic E-state index is 12.3. The van der Waals surface area contributed by atoms with E-state index < -0.39 is 0 Å². The molecule has 1 aromatic carbocycles. The number of ether oxygens (including phenoxy) is 1. The van der Waals surface area contributed by atoms with Crippen molar-refractivity contribution in [3.8, 4) is 5.75 Å². The maximum Gasteiger partial charge on any atom is 0.272 e. The van der Waals surface area contributed by atoms with Crippen molar-refractivity contribution in [3.63, 3.8) is 0 Å². The van der Waals surface area contributed by atoms with Crippen LogP contribution in [0.1, 0.15) is 34.9 Å². The smallest absolute Gasteiger partial charge is 0.272 e. The molecule has 2 N–H and O–H groups in total. The van der Waals surface area contributed by atoms with Crippen molar-refractivity contribution in [2.45, 2.75) is 25.4 Å². The fourth-order valence-electron chi connectivity index (χ4n) is 2.87. The Morgan fingerprint density at radius 3 is 3.12 bits per heavy atom. The van der Waals surface area contributed by atoms with Crippen LogP contribution in [0.2, 0.25) is 0 Å². The second-order valence-electron chi connectivity index (χ2n) is 5.82. The molecule has 1 amide bonds. The van der Waals surface area contributed by atoms with Gasteiger partial charge >= 0.3 is 0 Å². The van der Waals surface area contributed by atoms with Crippen LogP contribution in [0.15, 0.2) is 34.9 Å². The third-order valence-corrected chi connectivity index (χ3v) is 4.66. The van der Waals surface area contributed by atoms with Gasteiger partial charge in [0.15, 0.2) is 0 Å². The zero-order valence-electron chi connectivity index (χ0n) is 13.6. The third-order valence-electron chi connectivity index (χ3n) is 4.17. The van der Waals surface area contributed by atoms with E-state index in [4.69, 9.17) is 4.74 Å². The van der Waals surface area contributed by atoms with Crippen LogP contribution in [0.5, 0.6) is 5.75 Å². The number of hydrogen-bond acceptors (Lipinski definition) is 4. The number of benzene rings is 1. The number of methoxy groups -OCH3 is 1. The molecule has 7 heteroatoms. The minimum atomic E-state index is -0.181. The van der Waals surface area contributed by atoms with Crippen molar-refractivity contribution in [3.05, 3.63) is 46.2 Å². The van der Waals surface area contributed by atoms with E-state index in [-0.39, 0.29) is 5.91 Å². The SMILES string of the molecule is COc1ccc(Br)cc1CNC(=O)c1ccn(C2CCCNC2)n1. The second kappa shape index (κ2) is 7.81. The van der Waals surface area contributed by atoms with E-state index in [1.165, 1.54) is 0 Å². The van der Waals surface area contributed by atoms with E-state index in [2.05, 4.69) is 31.7 Å². The summed E-state index contributed by atoms with van der Waals surface area (Å²) in [5.41, 5.74) is 1.35. The lowest BCUT2D eigenvalue weighted by molar-refractivity contribution is 0.0944. The van der Waals surface area contributed by atoms with Gasteiger partial charge in [-0.3, -0.25) is 9.48 Å². The minimum absolute atomic E-state index is 0.181. The van der Waals surface area contributed by atoms with E-state index in [0.29, 0.717) is 18.3 Å². The van der Waals surface area contributed by atoms with E-state index >= 15 is 0 Å². The van der Waals surface area contributed by atoms with Gasteiger partial charge < -0.3 is 15.4 Å². The molecule has 1 fully saturated rings. The lowest BCUT2D eigenvalue weighted by Gasteiger charge is -2.22. The van der Waals surface area contributed by atoms with Crippen LogP contribution >= 0.6 is 15.9 Å². The van der Waals surface area contributed by atoms with Gasteiger partial charge in [0.05, 0.1) is 13.2 Å². The highest BCUT2D eigenvalue weighted by atomic mass is 79.9. The highest BCUT2D eigenvalue weighted by Crippen LogP contribution is 2.23. The standard InChI is InChI=1S/C17H21BrN4O2/c1-24-16-5-4-13(18)9-12(16)10-20-17(23)15-6-8-22(21-15)14-3-2-7-19-11-14/h4-6,8-9,14,19H,2-3,7,10-11H2,1H3,(H,20,23). The lowest BCUT2D eigenvalue weighted by Crippen LogP contribution is -2.32. The average molecular weight is 393 g/mol. The molecule has 0 saturated carbocycles. The van der Waals surface area contributed by atoms with Crippen molar-refractivity contribution in [1.29, 1.82) is 0 Å². The van der Waals surface area contributed by atoms with Crippen LogP contribution in [-0.4, -0.2) is 35.9 Å². The summed E-state index contributed by atoms with van der Waals surface area (Å²) in [6, 6.07) is 7.80. The van der Waals surface area contributed by atoms with Crippen LogP contribution in [0.4, 0.5) is 0 Å². The molecule has 6 nitrogen and oxygen atoms in total. The van der Waals surface area contributed by atoms with Gasteiger partial charge in [0, 0.05) is 29.3 Å². The zero-order valence-corrected chi connectivity index (χ0v) is 15.2. The Morgan fingerprint density at radius 1 is 1.50 bits per heavy atom. The molecule has 3 rings (SSSR count). The summed E-state index contributed by atoms with van der Waals surface area (Å²) >= 11 is 3.43. The first-order valence-corrected chi connectivity index (χ1v) is 8.83. The Balaban J connectivity index is 1.63. The predicted octanol–water partition coefficient (Wildman–Crippen LogP) is 2.51. The van der Waals surface area contributed by atoms with Gasteiger partial charge in [0.25, 0.3) is 5.91 Å². The number of carbonyl (C=O) groups is 1. The summed E-state index contributed by atoms with van der Waals surface area (Å²) in [5.74, 6) is 0.567. The van der Waals surface area contributed by atoms with E-state index in [1.54, 1.807) is 13.2 Å². The molecule has 0 spiro atoms. The van der Waals surface area contributed by atoms with Crippen LogP contribution < -0.4 is 15.4 Å². The Labute approximate surface area is 149 Å². The third kappa shape index (κ3) is 3.96. The molecule has 1 aliphatic rings. The van der Waals surface area contributed by atoms with Crippen LogP contribution in [0.3, 0.4) is 0 Å². The van der Waals surface area contributed by atoms with E-state index in [9.17, 15) is 4.79 Å². The van der Waals surface area contributed by atoms with Crippen molar-refractivity contribution >= 4 is 21.8 Å². The Morgan fingerprint density at radius 2 is 2.38 bits per heavy atom. The van der Waals surface area contributed by atoms with Crippen LogP contribution in [-0.2, 0) is 6.54 Å². The molecule has 2 heterocycles. The monoisotopic (exact) mass is 392 g/mol. The number of hydrogen-bond donors (Lipinski definition) is 2. The topological polar surface area (TPSA) is 68.2 Å². The maximum absolute atomic E-state index is 12.3. The molecule has 1 aromatic heterocycles. The quantitative estimate of drug-likeness (QED) is 0.819. The van der Waals surface area contributed by atoms with Crippen molar-refractivity contribution in [2.75, 3.05) is 20.2 Å². The molecule has 24 heavy (non-hydrogen) atoms. The van der Waals surface area contributed by atoms with E-state index in [0.717, 1.165) is 41.7 Å². The molecule has 0 aliphatic carbocycles. The summed E-state index contributed by atoms with van der Waals surface area (Å²) < 4.78 is 8.16. The summed E-state index contributed by atoms with van der Waals surface area (Å²) in [5, 5.41) is 10.7. The highest BCUT2D eigenvalue weighted by Gasteiger charge is 2.17. The number of rotatable bonds is 5. The number of piperidine rings is 1. The first-order valence-electron chi connectivity index (χ1n) is 8.04. The normalized spacial score (nSPS) is 17.5. The minimum Gasteiger partial charge on any atom is -0.496 e. The number of nitrogens with one attached hydrogen (secondary N) is 2. The molecule has 0 radical (unpaired) electrons. The summed E-state index contributed by atoms with van der Waals surface area (Å²) in [7, 11) is 1.62. The van der Waals surface area contributed by atoms with Gasteiger partial charge in [-0.05, 0) is 43.7 Å². The first-order chi connectivity index (χ1) is 11.7. The molecule has 128 valence electrons. The second-order valence-corrected chi connectivity index (χ2v) is 6.74. The molecular formula is C17H21BrN4O2. The lowest BCUT2D eigenvalue weighted by atomic mass is 10.1. The van der Waals surface area contributed by atoms with Crippen molar-refractivity contribution in [1.82, 2.24) is 20.4 Å². The summed E-state index contributed by atoms with van der Waals surface area (Å²) in [6.07, 6.45) is 4.10. The average Bonchev–Trinajstić information content (AvgIpc) is 3.11. The number of aromatic nitrogens is 2. The summed E-state index contributed by atoms with van der Waals surface area (Å²) in [6.45, 7) is 2.34. The molecule has 1 unspecified atom stereocenters. The molecule has 1 atom stereocenters. The Hall–Kier alpha value is -1.86. The van der Waals surface area contributed by atoms with Gasteiger partial charge in [-0.25, -0.2) is 0 Å². The highest BCUT2D eigenvalue weighted by molar-refractivity contribution is 9.10. The number of carbonyl (C=O) groups excluding carboxylic acids is 1. The molecule has 2 aromatic rings. The Bertz CT molecular complexity index is 710. The molecule has 1 saturated heterocycles. The first kappa shape index (κ1) is 17.0. The van der Waals surface area contributed by atoms with Crippen LogP contribution in [0.25, 0.3) is 0 Å². The van der Waals surface area contributed by atoms with Crippen molar-refractivity contribution in [2.24, 2.45) is 0 Å². The fourth-order valence-corrected chi connectivity index (χ4v) is 3.28. The summed E-state index contributed by atoms with van der Waals surface area (Å²) in [4.78, 5) is 12.3. The number of nitrogens with zero attached hydrogens (tertiary/aromatic N) is 2. The number of halogens is 1. The predicted molar refractivity (Wildman–Crippen MR) is 95.2 cm³/mol. The van der Waals surface area contributed by atoms with Crippen molar-refractivity contribution < 1.29 is 9.53 Å². The number of amides is 1. The largest absolute Gasteiger partial charge is 0.496 e. The fraction of sp³-hybridized carbons (Fsp3) is 0.412. The molecule has 1 aliphatic heterocycles. The Kier molecular flexibility index (Phi) is 5.52. The zero-order chi connectivity index (χ0) is 16.9. The van der Waals surface area contributed by atoms with Gasteiger partial charge in [-0.2, -0.15) is 5.10 Å². The van der Waals surface area contributed by atoms with Crippen LogP contribution in [0, 0.1) is 0 Å².